The van der Waals surface area contributed by atoms with Crippen LogP contribution in [0.1, 0.15) is 30.5 Å². The van der Waals surface area contributed by atoms with E-state index in [1.165, 1.54) is 4.90 Å². The van der Waals surface area contributed by atoms with Gasteiger partial charge in [-0.2, -0.15) is 0 Å². The van der Waals surface area contributed by atoms with Crippen LogP contribution in [-0.2, 0) is 14.3 Å². The highest BCUT2D eigenvalue weighted by Gasteiger charge is 2.45. The number of likely N-dealkylation sites (tertiary alicyclic amines) is 1. The number of amides is 1. The molecule has 158 valence electrons. The molecule has 1 unspecified atom stereocenters. The average molecular weight is 430 g/mol. The first kappa shape index (κ1) is 21.9. The van der Waals surface area contributed by atoms with Crippen LogP contribution in [0.5, 0.6) is 5.75 Å². The number of carbonyl (C=O) groups excluding carboxylic acids is 2. The number of halogens is 1. The maximum absolute atomic E-state index is 12.9. The molecular formula is C23H24ClNO5. The summed E-state index contributed by atoms with van der Waals surface area (Å²) in [4.78, 5) is 27.2. The first-order valence-corrected chi connectivity index (χ1v) is 10.1. The van der Waals surface area contributed by atoms with Crippen LogP contribution in [-0.4, -0.2) is 48.6 Å². The number of nitrogens with zero attached hydrogens (tertiary/aromatic N) is 1. The summed E-state index contributed by atoms with van der Waals surface area (Å²) in [5.74, 6) is -0.882. The van der Waals surface area contributed by atoms with Gasteiger partial charge < -0.3 is 19.5 Å². The lowest BCUT2D eigenvalue weighted by atomic mass is 9.95. The zero-order chi connectivity index (χ0) is 21.7. The summed E-state index contributed by atoms with van der Waals surface area (Å²) in [5.41, 5.74) is 1.19. The number of aliphatic hydroxyl groups excluding tert-OH is 1. The maximum atomic E-state index is 12.9. The highest BCUT2D eigenvalue weighted by molar-refractivity contribution is 6.46. The highest BCUT2D eigenvalue weighted by atomic mass is 35.5. The second kappa shape index (κ2) is 9.78. The van der Waals surface area contributed by atoms with Crippen LogP contribution in [0.25, 0.3) is 5.76 Å². The summed E-state index contributed by atoms with van der Waals surface area (Å²) in [5, 5.41) is 11.5. The van der Waals surface area contributed by atoms with E-state index in [9.17, 15) is 14.7 Å². The predicted molar refractivity (Wildman–Crippen MR) is 115 cm³/mol. The van der Waals surface area contributed by atoms with Crippen LogP contribution in [0.4, 0.5) is 0 Å². The predicted octanol–water partition coefficient (Wildman–Crippen LogP) is 4.20. The van der Waals surface area contributed by atoms with E-state index in [1.54, 1.807) is 55.6 Å². The molecule has 1 amide bonds. The third-order valence-electron chi connectivity index (χ3n) is 4.91. The van der Waals surface area contributed by atoms with E-state index in [1.807, 2.05) is 6.92 Å². The number of ketones is 1. The Morgan fingerprint density at radius 3 is 2.37 bits per heavy atom. The number of carbonyl (C=O) groups is 2. The third-order valence-corrected chi connectivity index (χ3v) is 5.16. The van der Waals surface area contributed by atoms with Gasteiger partial charge >= 0.3 is 0 Å². The summed E-state index contributed by atoms with van der Waals surface area (Å²) in [6.07, 6.45) is 0.567. The van der Waals surface area contributed by atoms with Crippen molar-refractivity contribution in [3.63, 3.8) is 0 Å². The van der Waals surface area contributed by atoms with Crippen molar-refractivity contribution in [1.82, 2.24) is 4.90 Å². The van der Waals surface area contributed by atoms with Gasteiger partial charge in [-0.3, -0.25) is 9.59 Å². The molecule has 1 N–H and O–H groups in total. The number of Topliss-reactive ketones (excluding diaryl/α,β-unsaturated/α-hetero) is 1. The molecule has 1 fully saturated rings. The van der Waals surface area contributed by atoms with Gasteiger partial charge in [0.2, 0.25) is 0 Å². The maximum Gasteiger partial charge on any atom is 0.295 e. The summed E-state index contributed by atoms with van der Waals surface area (Å²) in [6, 6.07) is 13.0. The number of hydrogen-bond donors (Lipinski definition) is 1. The van der Waals surface area contributed by atoms with Crippen LogP contribution in [0, 0.1) is 0 Å². The molecule has 30 heavy (non-hydrogen) atoms. The fourth-order valence-corrected chi connectivity index (χ4v) is 3.64. The molecule has 7 heteroatoms. The minimum atomic E-state index is -0.709. The van der Waals surface area contributed by atoms with E-state index in [-0.39, 0.29) is 11.3 Å². The van der Waals surface area contributed by atoms with Crippen molar-refractivity contribution < 1.29 is 24.2 Å². The molecule has 1 heterocycles. The van der Waals surface area contributed by atoms with E-state index >= 15 is 0 Å². The lowest BCUT2D eigenvalue weighted by Crippen LogP contribution is -2.31. The minimum absolute atomic E-state index is 0.0592. The van der Waals surface area contributed by atoms with Crippen LogP contribution in [0.3, 0.4) is 0 Å². The Hall–Kier alpha value is -2.83. The Morgan fingerprint density at radius 2 is 1.77 bits per heavy atom. The van der Waals surface area contributed by atoms with Crippen LogP contribution in [0.2, 0.25) is 5.02 Å². The minimum Gasteiger partial charge on any atom is -0.507 e. The Bertz CT molecular complexity index is 937. The standard InChI is InChI=1S/C23H24ClNO5/c1-3-30-18-11-7-15(8-12-18)20-19(21(26)16-5-9-17(24)10-6-16)22(27)23(28)25(20)13-4-14-29-2/h5-12,20,26H,3-4,13-14H2,1-2H3/b21-19-. The Balaban J connectivity index is 2.07. The summed E-state index contributed by atoms with van der Waals surface area (Å²) >= 11 is 5.94. The van der Waals surface area contributed by atoms with Crippen LogP contribution >= 0.6 is 11.6 Å². The van der Waals surface area contributed by atoms with Crippen molar-refractivity contribution in [2.75, 3.05) is 26.9 Å². The molecule has 1 atom stereocenters. The van der Waals surface area contributed by atoms with Gasteiger partial charge in [0.1, 0.15) is 11.5 Å². The average Bonchev–Trinajstić information content (AvgIpc) is 3.00. The van der Waals surface area contributed by atoms with Gasteiger partial charge in [-0.15, -0.1) is 0 Å². The van der Waals surface area contributed by atoms with Gasteiger partial charge in [0.25, 0.3) is 11.7 Å². The number of methoxy groups -OCH3 is 1. The summed E-state index contributed by atoms with van der Waals surface area (Å²) in [6.45, 7) is 3.21. The molecule has 0 spiro atoms. The first-order valence-electron chi connectivity index (χ1n) is 9.74. The van der Waals surface area contributed by atoms with Gasteiger partial charge in [-0.25, -0.2) is 0 Å². The van der Waals surface area contributed by atoms with Crippen LogP contribution < -0.4 is 4.74 Å². The number of aliphatic hydroxyl groups is 1. The summed E-state index contributed by atoms with van der Waals surface area (Å²) < 4.78 is 10.6. The Morgan fingerprint density at radius 1 is 1.10 bits per heavy atom. The van der Waals surface area contributed by atoms with Crippen molar-refractivity contribution in [2.45, 2.75) is 19.4 Å². The number of benzene rings is 2. The molecule has 0 bridgehead atoms. The van der Waals surface area contributed by atoms with Crippen molar-refractivity contribution in [2.24, 2.45) is 0 Å². The first-order chi connectivity index (χ1) is 14.5. The largest absolute Gasteiger partial charge is 0.507 e. The monoisotopic (exact) mass is 429 g/mol. The van der Waals surface area contributed by atoms with Gasteiger partial charge in [-0.1, -0.05) is 23.7 Å². The second-order valence-electron chi connectivity index (χ2n) is 6.85. The quantitative estimate of drug-likeness (QED) is 0.294. The van der Waals surface area contributed by atoms with Gasteiger partial charge in [0.05, 0.1) is 18.2 Å². The molecule has 6 nitrogen and oxygen atoms in total. The zero-order valence-electron chi connectivity index (χ0n) is 16.9. The molecular weight excluding hydrogens is 406 g/mol. The van der Waals surface area contributed by atoms with Gasteiger partial charge in [-0.05, 0) is 55.3 Å². The van der Waals surface area contributed by atoms with E-state index in [2.05, 4.69) is 0 Å². The Kier molecular flexibility index (Phi) is 7.13. The van der Waals surface area contributed by atoms with Crippen molar-refractivity contribution in [3.05, 3.63) is 70.3 Å². The molecule has 0 aliphatic carbocycles. The SMILES string of the molecule is CCOc1ccc(C2/C(=C(/O)c3ccc(Cl)cc3)C(=O)C(=O)N2CCCOC)cc1. The molecule has 3 rings (SSSR count). The molecule has 0 saturated carbocycles. The smallest absolute Gasteiger partial charge is 0.295 e. The molecule has 0 radical (unpaired) electrons. The fourth-order valence-electron chi connectivity index (χ4n) is 3.51. The molecule has 1 aliphatic heterocycles. The van der Waals surface area contributed by atoms with E-state index in [0.29, 0.717) is 48.1 Å². The number of rotatable bonds is 8. The molecule has 0 aromatic heterocycles. The van der Waals surface area contributed by atoms with E-state index < -0.39 is 17.7 Å². The molecule has 1 saturated heterocycles. The number of ether oxygens (including phenoxy) is 2. The molecule has 2 aromatic carbocycles. The zero-order valence-corrected chi connectivity index (χ0v) is 17.7. The molecule has 1 aliphatic rings. The Labute approximate surface area is 180 Å². The highest BCUT2D eigenvalue weighted by Crippen LogP contribution is 2.40. The van der Waals surface area contributed by atoms with Crippen molar-refractivity contribution in [3.8, 4) is 5.75 Å². The topological polar surface area (TPSA) is 76.1 Å². The van der Waals surface area contributed by atoms with Crippen molar-refractivity contribution in [1.29, 1.82) is 0 Å². The fraction of sp³-hybridized carbons (Fsp3) is 0.304. The van der Waals surface area contributed by atoms with Gasteiger partial charge in [0, 0.05) is 30.8 Å². The van der Waals surface area contributed by atoms with Crippen molar-refractivity contribution >= 4 is 29.1 Å². The third kappa shape index (κ3) is 4.50. The van der Waals surface area contributed by atoms with E-state index in [0.717, 1.165) is 0 Å². The second-order valence-corrected chi connectivity index (χ2v) is 7.28. The lowest BCUT2D eigenvalue weighted by molar-refractivity contribution is -0.140. The lowest BCUT2D eigenvalue weighted by Gasteiger charge is -2.25. The summed E-state index contributed by atoms with van der Waals surface area (Å²) in [7, 11) is 1.58. The van der Waals surface area contributed by atoms with Gasteiger partial charge in [0.15, 0.2) is 0 Å². The molecule has 2 aromatic rings. The normalized spacial score (nSPS) is 18.1. The number of hydrogen-bond acceptors (Lipinski definition) is 5. The van der Waals surface area contributed by atoms with E-state index in [4.69, 9.17) is 21.1 Å². The van der Waals surface area contributed by atoms with Crippen LogP contribution in [0.15, 0.2) is 54.1 Å².